The minimum atomic E-state index is -0.534. The van der Waals surface area contributed by atoms with Crippen LogP contribution in [0.3, 0.4) is 0 Å². The molecule has 0 saturated heterocycles. The summed E-state index contributed by atoms with van der Waals surface area (Å²) in [5.74, 6) is -0.330. The Morgan fingerprint density at radius 1 is 1.30 bits per heavy atom. The molecule has 1 aromatic carbocycles. The quantitative estimate of drug-likeness (QED) is 0.397. The molecule has 8 nitrogen and oxygen atoms in total. The number of benzene rings is 1. The summed E-state index contributed by atoms with van der Waals surface area (Å²) in [6.45, 7) is 7.80. The van der Waals surface area contributed by atoms with Crippen LogP contribution in [0, 0.1) is 5.41 Å². The predicted octanol–water partition coefficient (Wildman–Crippen LogP) is 3.58. The third-order valence-corrected chi connectivity index (χ3v) is 5.41. The first-order valence-electron chi connectivity index (χ1n) is 10.2. The molecule has 0 radical (unpaired) electrons. The van der Waals surface area contributed by atoms with Gasteiger partial charge in [0.25, 0.3) is 0 Å². The van der Waals surface area contributed by atoms with Crippen molar-refractivity contribution in [1.29, 1.82) is 5.41 Å². The number of carbonyl (C=O) groups is 2. The molecule has 0 atom stereocenters. The maximum atomic E-state index is 13.1. The molecule has 3 rings (SSSR count). The molecule has 0 unspecified atom stereocenters. The number of hydrogen-bond donors (Lipinski definition) is 3. The summed E-state index contributed by atoms with van der Waals surface area (Å²) < 4.78 is 5.27. The number of rotatable bonds is 6. The Balaban J connectivity index is 0.00000385. The van der Waals surface area contributed by atoms with E-state index in [0.717, 1.165) is 5.56 Å². The number of ketones is 1. The molecule has 9 heteroatoms. The molecule has 0 fully saturated rings. The average molecular weight is 517 g/mol. The normalized spacial score (nSPS) is 13.4. The summed E-state index contributed by atoms with van der Waals surface area (Å²) >= 11 is 0. The van der Waals surface area contributed by atoms with E-state index >= 15 is 0 Å². The van der Waals surface area contributed by atoms with Gasteiger partial charge in [0.15, 0.2) is 17.3 Å². The number of nitrogens with one attached hydrogen (secondary N) is 1. The summed E-state index contributed by atoms with van der Waals surface area (Å²) in [5, 5.41) is 19.0. The molecule has 33 heavy (non-hydrogen) atoms. The van der Waals surface area contributed by atoms with Crippen molar-refractivity contribution in [3.05, 3.63) is 57.9 Å². The van der Waals surface area contributed by atoms with Crippen molar-refractivity contribution < 1.29 is 19.4 Å². The molecule has 4 N–H and O–H groups in total. The molecule has 0 saturated carbocycles. The number of halogens is 1. The van der Waals surface area contributed by atoms with Crippen LogP contribution in [0.4, 0.5) is 0 Å². The van der Waals surface area contributed by atoms with E-state index in [1.807, 2.05) is 26.8 Å². The molecular formula is C24H29BrN4O4. The number of amides is 1. The van der Waals surface area contributed by atoms with Crippen molar-refractivity contribution in [1.82, 2.24) is 9.88 Å². The lowest BCUT2D eigenvalue weighted by molar-refractivity contribution is -0.114. The van der Waals surface area contributed by atoms with Gasteiger partial charge in [0, 0.05) is 28.8 Å². The summed E-state index contributed by atoms with van der Waals surface area (Å²) in [7, 11) is 1.44. The van der Waals surface area contributed by atoms with E-state index in [-0.39, 0.29) is 52.1 Å². The highest BCUT2D eigenvalue weighted by Gasteiger charge is 2.29. The van der Waals surface area contributed by atoms with Gasteiger partial charge in [-0.2, -0.15) is 0 Å². The lowest BCUT2D eigenvalue weighted by Gasteiger charge is -2.23. The van der Waals surface area contributed by atoms with Gasteiger partial charge in [-0.05, 0) is 36.6 Å². The monoisotopic (exact) mass is 516 g/mol. The third kappa shape index (κ3) is 5.42. The summed E-state index contributed by atoms with van der Waals surface area (Å²) in [6, 6.07) is 6.79. The largest absolute Gasteiger partial charge is 0.504 e. The fourth-order valence-electron chi connectivity index (χ4n) is 3.54. The van der Waals surface area contributed by atoms with Gasteiger partial charge in [-0.3, -0.25) is 15.0 Å². The highest BCUT2D eigenvalue weighted by atomic mass is 79.9. The molecule has 1 aliphatic rings. The van der Waals surface area contributed by atoms with Crippen molar-refractivity contribution in [2.45, 2.75) is 39.7 Å². The van der Waals surface area contributed by atoms with Crippen molar-refractivity contribution in [3.63, 3.8) is 0 Å². The third-order valence-electron chi connectivity index (χ3n) is 5.41. The van der Waals surface area contributed by atoms with Crippen molar-refractivity contribution in [2.24, 2.45) is 5.73 Å². The molecule has 1 aromatic heterocycles. The Labute approximate surface area is 203 Å². The van der Waals surface area contributed by atoms with Crippen LogP contribution in [0.1, 0.15) is 60.6 Å². The number of primary amides is 1. The number of nitrogens with two attached hydrogens (primary N) is 1. The highest BCUT2D eigenvalue weighted by molar-refractivity contribution is 8.93. The number of Topliss-reactive ketones (excluding diaryl/α,β-unsaturated/α-hetero) is 1. The number of phenolic OH excluding ortho intramolecular Hbond substituents is 1. The lowest BCUT2D eigenvalue weighted by atomic mass is 9.84. The second-order valence-electron chi connectivity index (χ2n) is 8.89. The Kier molecular flexibility index (Phi) is 7.69. The van der Waals surface area contributed by atoms with Crippen LogP contribution in [0.5, 0.6) is 11.5 Å². The lowest BCUT2D eigenvalue weighted by Crippen LogP contribution is -2.30. The average Bonchev–Trinajstić information content (AvgIpc) is 3.02. The molecule has 1 amide bonds. The zero-order valence-corrected chi connectivity index (χ0v) is 21.1. The van der Waals surface area contributed by atoms with Crippen LogP contribution in [0.15, 0.2) is 29.8 Å². The van der Waals surface area contributed by atoms with Crippen molar-refractivity contribution >= 4 is 40.6 Å². The minimum Gasteiger partial charge on any atom is -0.504 e. The number of aromatic hydroxyl groups is 1. The van der Waals surface area contributed by atoms with Gasteiger partial charge in [-0.1, -0.05) is 26.8 Å². The van der Waals surface area contributed by atoms with Gasteiger partial charge in [-0.15, -0.1) is 17.0 Å². The van der Waals surface area contributed by atoms with E-state index in [4.69, 9.17) is 15.9 Å². The Morgan fingerprint density at radius 2 is 1.97 bits per heavy atom. The van der Waals surface area contributed by atoms with Gasteiger partial charge >= 0.3 is 0 Å². The first-order valence-corrected chi connectivity index (χ1v) is 10.2. The molecular weight excluding hydrogens is 488 g/mol. The van der Waals surface area contributed by atoms with Crippen molar-refractivity contribution in [2.75, 3.05) is 13.7 Å². The van der Waals surface area contributed by atoms with Crippen molar-refractivity contribution in [3.8, 4) is 11.5 Å². The highest BCUT2D eigenvalue weighted by Crippen LogP contribution is 2.39. The van der Waals surface area contributed by atoms with Crippen LogP contribution in [0.25, 0.3) is 6.08 Å². The maximum Gasteiger partial charge on any atom is 0.244 e. The number of hydrogen-bond acceptors (Lipinski definition) is 6. The standard InChI is InChI=1S/C24H28N4O4.BrH/c1-13(23(26)31)8-16-7-6-14-11-28(22(25)20(14)27-16)12-18(29)15-9-17(24(2,3)4)21(30)19(10-15)32-5;/h6-10,25,30H,11-12H2,1-5H3,(H2,26,31);1H/b13-8+,25-22?;. The minimum absolute atomic E-state index is 0. The number of pyridine rings is 1. The summed E-state index contributed by atoms with van der Waals surface area (Å²) in [5.41, 5.74) is 8.10. The zero-order chi connectivity index (χ0) is 23.8. The van der Waals surface area contributed by atoms with Gasteiger partial charge in [-0.25, -0.2) is 4.98 Å². The molecule has 2 aromatic rings. The first-order chi connectivity index (χ1) is 14.9. The fourth-order valence-corrected chi connectivity index (χ4v) is 3.54. The van der Waals surface area contributed by atoms with Gasteiger partial charge < -0.3 is 20.5 Å². The Hall–Kier alpha value is -3.20. The molecule has 0 bridgehead atoms. The van der Waals surface area contributed by atoms with E-state index in [2.05, 4.69) is 4.98 Å². The molecule has 2 heterocycles. The van der Waals surface area contributed by atoms with E-state index in [9.17, 15) is 14.7 Å². The number of aromatic nitrogens is 1. The fraction of sp³-hybridized carbons (Fsp3) is 0.333. The Morgan fingerprint density at radius 3 is 2.55 bits per heavy atom. The predicted molar refractivity (Wildman–Crippen MR) is 132 cm³/mol. The summed E-state index contributed by atoms with van der Waals surface area (Å²) in [4.78, 5) is 30.5. The second-order valence-corrected chi connectivity index (χ2v) is 8.89. The SMILES string of the molecule is Br.COc1cc(C(=O)CN2Cc3ccc(/C=C(\C)C(N)=O)nc3C2=N)cc(C(C)(C)C)c1O. The van der Waals surface area contributed by atoms with Crippen LogP contribution in [-0.2, 0) is 16.8 Å². The zero-order valence-electron chi connectivity index (χ0n) is 19.4. The number of nitrogens with zero attached hydrogens (tertiary/aromatic N) is 2. The maximum absolute atomic E-state index is 13.1. The van der Waals surface area contributed by atoms with Crippen LogP contribution < -0.4 is 10.5 Å². The van der Waals surface area contributed by atoms with E-state index in [1.54, 1.807) is 30.0 Å². The van der Waals surface area contributed by atoms with Crippen LogP contribution in [-0.4, -0.2) is 46.2 Å². The van der Waals surface area contributed by atoms with Gasteiger partial charge in [0.1, 0.15) is 11.5 Å². The number of carbonyl (C=O) groups excluding carboxylic acids is 2. The number of methoxy groups -OCH3 is 1. The van der Waals surface area contributed by atoms with Gasteiger partial charge in [0.2, 0.25) is 5.91 Å². The van der Waals surface area contributed by atoms with E-state index < -0.39 is 5.91 Å². The number of fused-ring (bicyclic) bond motifs is 1. The first kappa shape index (κ1) is 26.1. The van der Waals surface area contributed by atoms with Crippen LogP contribution in [0.2, 0.25) is 0 Å². The topological polar surface area (TPSA) is 130 Å². The molecule has 0 aliphatic carbocycles. The number of ether oxygens (including phenoxy) is 1. The molecule has 1 aliphatic heterocycles. The van der Waals surface area contributed by atoms with Gasteiger partial charge in [0.05, 0.1) is 19.3 Å². The van der Waals surface area contributed by atoms with E-state index in [0.29, 0.717) is 34.6 Å². The molecule has 0 spiro atoms. The molecule has 176 valence electrons. The number of amidine groups is 1. The Bertz CT molecular complexity index is 1150. The number of phenols is 1. The summed E-state index contributed by atoms with van der Waals surface area (Å²) in [6.07, 6.45) is 1.57. The van der Waals surface area contributed by atoms with Crippen LogP contribution >= 0.6 is 17.0 Å². The van der Waals surface area contributed by atoms with E-state index in [1.165, 1.54) is 13.2 Å². The smallest absolute Gasteiger partial charge is 0.244 e. The second kappa shape index (κ2) is 9.74.